The molecule has 0 saturated carbocycles. The Kier molecular flexibility index (Phi) is 16.4. The summed E-state index contributed by atoms with van der Waals surface area (Å²) >= 11 is 0. The zero-order valence-corrected chi connectivity index (χ0v) is 14.3. The Bertz CT molecular complexity index is 279. The minimum Gasteiger partial charge on any atom is -0.302 e. The van der Waals surface area contributed by atoms with Crippen molar-refractivity contribution in [1.82, 2.24) is 4.90 Å². The molecular formula is C18H35N. The fourth-order valence-corrected chi connectivity index (χ4v) is 1.64. The highest BCUT2D eigenvalue weighted by Crippen LogP contribution is 2.16. The van der Waals surface area contributed by atoms with Gasteiger partial charge < -0.3 is 4.90 Å². The maximum Gasteiger partial charge on any atom is 0.0233 e. The summed E-state index contributed by atoms with van der Waals surface area (Å²) in [5.41, 5.74) is 3.03. The lowest BCUT2D eigenvalue weighted by Crippen LogP contribution is -2.26. The molecule has 0 amide bonds. The van der Waals surface area contributed by atoms with Crippen LogP contribution in [0.4, 0.5) is 0 Å². The normalized spacial score (nSPS) is 12.6. The number of unbranched alkanes of at least 4 members (excludes halogenated alkanes) is 1. The largest absolute Gasteiger partial charge is 0.302 e. The smallest absolute Gasteiger partial charge is 0.0233 e. The minimum atomic E-state index is 1.12. The van der Waals surface area contributed by atoms with E-state index in [0.29, 0.717) is 0 Å². The second-order valence-corrected chi connectivity index (χ2v) is 4.26. The molecule has 0 spiro atoms. The number of hydrogen-bond acceptors (Lipinski definition) is 1. The van der Waals surface area contributed by atoms with E-state index in [2.05, 4.69) is 50.1 Å². The van der Waals surface area contributed by atoms with Crippen molar-refractivity contribution in [3.8, 4) is 0 Å². The van der Waals surface area contributed by atoms with Gasteiger partial charge in [-0.2, -0.15) is 0 Å². The summed E-state index contributed by atoms with van der Waals surface area (Å²) in [4.78, 5) is 2.36. The molecule has 112 valence electrons. The Labute approximate surface area is 122 Å². The molecule has 1 aliphatic heterocycles. The van der Waals surface area contributed by atoms with Crippen LogP contribution in [0.25, 0.3) is 0 Å². The summed E-state index contributed by atoms with van der Waals surface area (Å²) in [5, 5.41) is 0. The van der Waals surface area contributed by atoms with Crippen LogP contribution in [0, 0.1) is 0 Å². The highest BCUT2D eigenvalue weighted by atomic mass is 15.1. The number of rotatable bonds is 1. The second-order valence-electron chi connectivity index (χ2n) is 4.26. The zero-order chi connectivity index (χ0) is 15.1. The van der Waals surface area contributed by atoms with Crippen molar-refractivity contribution in [1.29, 1.82) is 0 Å². The van der Waals surface area contributed by atoms with Crippen LogP contribution in [-0.2, 0) is 13.0 Å². The molecule has 1 heteroatoms. The molecule has 1 aliphatic rings. The van der Waals surface area contributed by atoms with Crippen LogP contribution < -0.4 is 0 Å². The van der Waals surface area contributed by atoms with Crippen molar-refractivity contribution >= 4 is 0 Å². The third-order valence-electron chi connectivity index (χ3n) is 2.82. The first-order chi connectivity index (χ1) is 9.27. The topological polar surface area (TPSA) is 3.24 Å². The zero-order valence-electron chi connectivity index (χ0n) is 14.3. The van der Waals surface area contributed by atoms with Gasteiger partial charge in [0.15, 0.2) is 0 Å². The van der Waals surface area contributed by atoms with E-state index >= 15 is 0 Å². The number of benzene rings is 1. The number of hydrogen-bond donors (Lipinski definition) is 0. The third kappa shape index (κ3) is 9.72. The fraction of sp³-hybridized carbons (Fsp3) is 0.667. The fourth-order valence-electron chi connectivity index (χ4n) is 1.64. The van der Waals surface area contributed by atoms with Crippen LogP contribution in [0.2, 0.25) is 0 Å². The lowest BCUT2D eigenvalue weighted by Gasteiger charge is -2.24. The predicted molar refractivity (Wildman–Crippen MR) is 89.8 cm³/mol. The third-order valence-corrected chi connectivity index (χ3v) is 2.82. The molecule has 0 N–H and O–H groups in total. The molecule has 0 aromatic heterocycles. The summed E-state index contributed by atoms with van der Waals surface area (Å²) < 4.78 is 0. The first kappa shape index (κ1) is 20.5. The maximum atomic E-state index is 2.36. The van der Waals surface area contributed by atoms with E-state index in [4.69, 9.17) is 0 Å². The molecule has 0 bridgehead atoms. The van der Waals surface area contributed by atoms with Crippen LogP contribution in [0.1, 0.15) is 65.5 Å². The van der Waals surface area contributed by atoms with E-state index < -0.39 is 0 Å². The number of nitrogens with zero attached hydrogens (tertiary/aromatic N) is 1. The van der Waals surface area contributed by atoms with Gasteiger partial charge in [-0.15, -0.1) is 0 Å². The van der Waals surface area contributed by atoms with Crippen molar-refractivity contribution < 1.29 is 0 Å². The van der Waals surface area contributed by atoms with E-state index in [-0.39, 0.29) is 0 Å². The average Bonchev–Trinajstić information content (AvgIpc) is 2.51. The van der Waals surface area contributed by atoms with Gasteiger partial charge in [0, 0.05) is 13.1 Å². The molecule has 1 aromatic carbocycles. The van der Waals surface area contributed by atoms with Crippen LogP contribution in [-0.4, -0.2) is 18.5 Å². The molecule has 2 rings (SSSR count). The van der Waals surface area contributed by atoms with Crippen molar-refractivity contribution in [2.45, 2.75) is 67.3 Å². The van der Waals surface area contributed by atoms with Gasteiger partial charge >= 0.3 is 0 Å². The lowest BCUT2D eigenvalue weighted by molar-refractivity contribution is 0.313. The summed E-state index contributed by atoms with van der Waals surface area (Å²) in [6, 6.07) is 8.72. The van der Waals surface area contributed by atoms with Crippen molar-refractivity contribution in [3.63, 3.8) is 0 Å². The Morgan fingerprint density at radius 3 is 1.84 bits per heavy atom. The van der Waals surface area contributed by atoms with Gasteiger partial charge in [-0.25, -0.2) is 0 Å². The van der Waals surface area contributed by atoms with Crippen LogP contribution >= 0.6 is 0 Å². The van der Waals surface area contributed by atoms with Gasteiger partial charge in [0.25, 0.3) is 0 Å². The first-order valence-electron chi connectivity index (χ1n) is 8.03. The number of fused-ring (bicyclic) bond motifs is 1. The Hall–Kier alpha value is -0.820. The van der Waals surface area contributed by atoms with E-state index in [1.165, 1.54) is 36.9 Å². The molecule has 0 fully saturated rings. The van der Waals surface area contributed by atoms with Crippen LogP contribution in [0.5, 0.6) is 0 Å². The first-order valence-corrected chi connectivity index (χ1v) is 8.03. The molecule has 0 atom stereocenters. The number of likely N-dealkylation sites (N-methyl/N-ethyl adjacent to an activating group) is 1. The minimum absolute atomic E-state index is 1.12. The van der Waals surface area contributed by atoms with Gasteiger partial charge in [0.1, 0.15) is 0 Å². The van der Waals surface area contributed by atoms with Crippen molar-refractivity contribution in [2.75, 3.05) is 13.6 Å². The van der Waals surface area contributed by atoms with E-state index in [1.54, 1.807) is 0 Å². The van der Waals surface area contributed by atoms with Crippen molar-refractivity contribution in [3.05, 3.63) is 35.4 Å². The summed E-state index contributed by atoms with van der Waals surface area (Å²) in [6.45, 7) is 14.7. The molecule has 0 unspecified atom stereocenters. The van der Waals surface area contributed by atoms with E-state index in [0.717, 1.165) is 6.54 Å². The van der Waals surface area contributed by atoms with Gasteiger partial charge in [0.05, 0.1) is 0 Å². The highest BCUT2D eigenvalue weighted by molar-refractivity contribution is 5.28. The van der Waals surface area contributed by atoms with E-state index in [9.17, 15) is 0 Å². The quantitative estimate of drug-likeness (QED) is 0.645. The van der Waals surface area contributed by atoms with Gasteiger partial charge in [-0.3, -0.25) is 0 Å². The maximum absolute atomic E-state index is 2.36. The molecule has 1 heterocycles. The molecule has 0 saturated heterocycles. The van der Waals surface area contributed by atoms with E-state index in [1.807, 2.05) is 27.7 Å². The Morgan fingerprint density at radius 2 is 1.37 bits per heavy atom. The lowest BCUT2D eigenvalue weighted by atomic mass is 10.0. The molecule has 0 aliphatic carbocycles. The molecular weight excluding hydrogens is 230 g/mol. The molecule has 0 radical (unpaired) electrons. The van der Waals surface area contributed by atoms with Crippen LogP contribution in [0.15, 0.2) is 24.3 Å². The Morgan fingerprint density at radius 1 is 0.895 bits per heavy atom. The summed E-state index contributed by atoms with van der Waals surface area (Å²) in [5.74, 6) is 0. The van der Waals surface area contributed by atoms with Gasteiger partial charge in [-0.1, -0.05) is 78.6 Å². The molecule has 1 aromatic rings. The van der Waals surface area contributed by atoms with Crippen molar-refractivity contribution in [2.24, 2.45) is 0 Å². The SMILES string of the molecule is CC.CC.CCCC.CN1CCc2ccccc2C1. The standard InChI is InChI=1S/C10H13N.C4H10.2C2H6/c1-11-7-6-9-4-2-3-5-10(9)8-11;1-3-4-2;2*1-2/h2-5H,6-8H2,1H3;3-4H2,1-2H3;2*1-2H3. The average molecular weight is 265 g/mol. The van der Waals surface area contributed by atoms with Gasteiger partial charge in [0.2, 0.25) is 0 Å². The molecule has 19 heavy (non-hydrogen) atoms. The monoisotopic (exact) mass is 265 g/mol. The Balaban J connectivity index is 0. The summed E-state index contributed by atoms with van der Waals surface area (Å²) in [6.07, 6.45) is 3.85. The summed E-state index contributed by atoms with van der Waals surface area (Å²) in [7, 11) is 2.18. The second kappa shape index (κ2) is 15.2. The molecule has 1 nitrogen and oxygen atoms in total. The van der Waals surface area contributed by atoms with Gasteiger partial charge in [-0.05, 0) is 24.6 Å². The predicted octanol–water partition coefficient (Wildman–Crippen LogP) is 5.53. The highest BCUT2D eigenvalue weighted by Gasteiger charge is 2.10. The van der Waals surface area contributed by atoms with Crippen LogP contribution in [0.3, 0.4) is 0 Å².